The summed E-state index contributed by atoms with van der Waals surface area (Å²) in [6.07, 6.45) is 0. The van der Waals surface area contributed by atoms with Crippen molar-refractivity contribution in [3.05, 3.63) is 81.8 Å². The van der Waals surface area contributed by atoms with Gasteiger partial charge in [0, 0.05) is 18.0 Å². The number of amides is 1. The maximum Gasteiger partial charge on any atom is 0.257 e. The Labute approximate surface area is 168 Å². The van der Waals surface area contributed by atoms with E-state index in [0.29, 0.717) is 31.2 Å². The van der Waals surface area contributed by atoms with Gasteiger partial charge in [0.1, 0.15) is 12.4 Å². The second kappa shape index (κ2) is 9.37. The summed E-state index contributed by atoms with van der Waals surface area (Å²) in [5.74, 6) is 0.394. The molecule has 4 nitrogen and oxygen atoms in total. The maximum absolute atomic E-state index is 14.0. The van der Waals surface area contributed by atoms with Crippen molar-refractivity contribution in [3.8, 4) is 11.5 Å². The van der Waals surface area contributed by atoms with Crippen LogP contribution in [0.1, 0.15) is 27.7 Å². The molecule has 1 amide bonds. The van der Waals surface area contributed by atoms with E-state index >= 15 is 0 Å². The molecule has 0 bridgehead atoms. The highest BCUT2D eigenvalue weighted by atomic mass is 32.1. The molecule has 0 saturated heterocycles. The number of benzene rings is 2. The van der Waals surface area contributed by atoms with Gasteiger partial charge in [-0.1, -0.05) is 24.3 Å². The van der Waals surface area contributed by atoms with E-state index in [1.807, 2.05) is 42.6 Å². The molecule has 146 valence electrons. The van der Waals surface area contributed by atoms with Gasteiger partial charge in [-0.3, -0.25) is 4.79 Å². The number of carbonyl (C=O) groups is 1. The van der Waals surface area contributed by atoms with Crippen molar-refractivity contribution in [2.45, 2.75) is 20.1 Å². The van der Waals surface area contributed by atoms with Gasteiger partial charge in [0.15, 0.2) is 11.5 Å². The van der Waals surface area contributed by atoms with Crippen molar-refractivity contribution in [2.24, 2.45) is 0 Å². The molecule has 0 spiro atoms. The molecule has 2 aromatic carbocycles. The van der Waals surface area contributed by atoms with Crippen LogP contribution in [0.3, 0.4) is 0 Å². The summed E-state index contributed by atoms with van der Waals surface area (Å²) >= 11 is 1.63. The largest absolute Gasteiger partial charge is 0.493 e. The number of hydrogen-bond donors (Lipinski definition) is 0. The monoisotopic (exact) mass is 399 g/mol. The molecule has 0 aliphatic carbocycles. The van der Waals surface area contributed by atoms with Crippen LogP contribution >= 0.6 is 11.3 Å². The van der Waals surface area contributed by atoms with Gasteiger partial charge in [-0.05, 0) is 48.2 Å². The van der Waals surface area contributed by atoms with E-state index in [4.69, 9.17) is 9.47 Å². The molecule has 0 aliphatic rings. The van der Waals surface area contributed by atoms with E-state index in [0.717, 1.165) is 10.4 Å². The van der Waals surface area contributed by atoms with Crippen LogP contribution in [0, 0.1) is 5.82 Å². The fourth-order valence-electron chi connectivity index (χ4n) is 2.83. The van der Waals surface area contributed by atoms with Crippen LogP contribution in [0.25, 0.3) is 0 Å². The average Bonchev–Trinajstić information content (AvgIpc) is 3.24. The number of hydrogen-bond acceptors (Lipinski definition) is 4. The van der Waals surface area contributed by atoms with Gasteiger partial charge in [0.25, 0.3) is 5.91 Å². The van der Waals surface area contributed by atoms with E-state index in [-0.39, 0.29) is 11.5 Å². The van der Waals surface area contributed by atoms with Crippen molar-refractivity contribution in [3.63, 3.8) is 0 Å². The Kier molecular flexibility index (Phi) is 6.66. The zero-order valence-corrected chi connectivity index (χ0v) is 16.7. The summed E-state index contributed by atoms with van der Waals surface area (Å²) < 4.78 is 25.3. The predicted molar refractivity (Wildman–Crippen MR) is 108 cm³/mol. The number of carbonyl (C=O) groups excluding carboxylic acids is 1. The zero-order chi connectivity index (χ0) is 19.9. The molecule has 0 fully saturated rings. The minimum atomic E-state index is -0.513. The van der Waals surface area contributed by atoms with Crippen LogP contribution in [0.4, 0.5) is 4.39 Å². The van der Waals surface area contributed by atoms with Gasteiger partial charge in [-0.25, -0.2) is 4.39 Å². The molecule has 0 atom stereocenters. The Morgan fingerprint density at radius 3 is 2.61 bits per heavy atom. The lowest BCUT2D eigenvalue weighted by molar-refractivity contribution is 0.0747. The smallest absolute Gasteiger partial charge is 0.257 e. The van der Waals surface area contributed by atoms with E-state index < -0.39 is 5.82 Å². The van der Waals surface area contributed by atoms with Crippen LogP contribution in [0.5, 0.6) is 11.5 Å². The summed E-state index contributed by atoms with van der Waals surface area (Å²) in [7, 11) is 1.58. The first-order chi connectivity index (χ1) is 13.6. The van der Waals surface area contributed by atoms with Gasteiger partial charge >= 0.3 is 0 Å². The van der Waals surface area contributed by atoms with Crippen molar-refractivity contribution in [2.75, 3.05) is 13.7 Å². The lowest BCUT2D eigenvalue weighted by Crippen LogP contribution is -2.31. The second-order valence-corrected chi connectivity index (χ2v) is 7.18. The molecule has 3 aromatic rings. The lowest BCUT2D eigenvalue weighted by atomic mass is 10.1. The first kappa shape index (κ1) is 19.9. The molecule has 3 rings (SSSR count). The Bertz CT molecular complexity index is 927. The van der Waals surface area contributed by atoms with Gasteiger partial charge in [-0.2, -0.15) is 0 Å². The number of methoxy groups -OCH3 is 1. The van der Waals surface area contributed by atoms with E-state index in [1.165, 1.54) is 12.1 Å². The molecule has 1 aromatic heterocycles. The van der Waals surface area contributed by atoms with Gasteiger partial charge in [0.05, 0.1) is 12.7 Å². The topological polar surface area (TPSA) is 38.8 Å². The first-order valence-corrected chi connectivity index (χ1v) is 9.86. The third kappa shape index (κ3) is 4.70. The van der Waals surface area contributed by atoms with Crippen molar-refractivity contribution in [1.82, 2.24) is 4.90 Å². The molecule has 0 aliphatic heterocycles. The molecule has 6 heteroatoms. The second-order valence-electron chi connectivity index (χ2n) is 6.15. The first-order valence-electron chi connectivity index (χ1n) is 8.98. The van der Waals surface area contributed by atoms with Crippen molar-refractivity contribution >= 4 is 17.2 Å². The van der Waals surface area contributed by atoms with E-state index in [9.17, 15) is 9.18 Å². The van der Waals surface area contributed by atoms with Gasteiger partial charge < -0.3 is 14.4 Å². The minimum Gasteiger partial charge on any atom is -0.493 e. The van der Waals surface area contributed by atoms with Gasteiger partial charge in [-0.15, -0.1) is 11.3 Å². The number of nitrogens with zero attached hydrogens (tertiary/aromatic N) is 1. The molecule has 0 radical (unpaired) electrons. The highest BCUT2D eigenvalue weighted by molar-refractivity contribution is 7.09. The predicted octanol–water partition coefficient (Wildman–Crippen LogP) is 5.14. The minimum absolute atomic E-state index is 0.0761. The fraction of sp³-hybridized carbons (Fsp3) is 0.227. The number of thiophene rings is 1. The number of halogens is 1. The average molecular weight is 399 g/mol. The summed E-state index contributed by atoms with van der Waals surface area (Å²) in [6.45, 7) is 3.16. The summed E-state index contributed by atoms with van der Waals surface area (Å²) in [5, 5.41) is 2.00. The third-order valence-electron chi connectivity index (χ3n) is 4.32. The standard InChI is InChI=1S/C22H22FNO3S/c1-3-24(22(25)18-8-4-5-9-19(18)23)14-16-10-11-20(21(13-16)26-2)27-15-17-7-6-12-28-17/h4-13H,3,14-15H2,1-2H3. The number of ether oxygens (including phenoxy) is 2. The van der Waals surface area contributed by atoms with Crippen LogP contribution in [0.2, 0.25) is 0 Å². The molecular formula is C22H22FNO3S. The Hall–Kier alpha value is -2.86. The SMILES string of the molecule is CCN(Cc1ccc(OCc2cccs2)c(OC)c1)C(=O)c1ccccc1F. The Balaban J connectivity index is 1.73. The van der Waals surface area contributed by atoms with Crippen LogP contribution < -0.4 is 9.47 Å². The van der Waals surface area contributed by atoms with Crippen LogP contribution in [0.15, 0.2) is 60.0 Å². The highest BCUT2D eigenvalue weighted by Gasteiger charge is 2.18. The van der Waals surface area contributed by atoms with Crippen molar-refractivity contribution in [1.29, 1.82) is 0 Å². The lowest BCUT2D eigenvalue weighted by Gasteiger charge is -2.22. The summed E-state index contributed by atoms with van der Waals surface area (Å²) in [6, 6.07) is 15.6. The normalized spacial score (nSPS) is 10.5. The summed E-state index contributed by atoms with van der Waals surface area (Å²) in [5.41, 5.74) is 0.957. The molecule has 28 heavy (non-hydrogen) atoms. The zero-order valence-electron chi connectivity index (χ0n) is 15.9. The molecular weight excluding hydrogens is 377 g/mol. The maximum atomic E-state index is 14.0. The highest BCUT2D eigenvalue weighted by Crippen LogP contribution is 2.30. The third-order valence-corrected chi connectivity index (χ3v) is 5.17. The summed E-state index contributed by atoms with van der Waals surface area (Å²) in [4.78, 5) is 15.4. The molecule has 0 saturated carbocycles. The Morgan fingerprint density at radius 1 is 1.11 bits per heavy atom. The number of rotatable bonds is 8. The van der Waals surface area contributed by atoms with Gasteiger partial charge in [0.2, 0.25) is 0 Å². The van der Waals surface area contributed by atoms with Crippen LogP contribution in [-0.4, -0.2) is 24.5 Å². The molecule has 0 N–H and O–H groups in total. The van der Waals surface area contributed by atoms with Crippen LogP contribution in [-0.2, 0) is 13.2 Å². The Morgan fingerprint density at radius 2 is 1.93 bits per heavy atom. The molecule has 1 heterocycles. The van der Waals surface area contributed by atoms with Crippen molar-refractivity contribution < 1.29 is 18.7 Å². The van der Waals surface area contributed by atoms with E-state index in [2.05, 4.69) is 0 Å². The molecule has 0 unspecified atom stereocenters. The quantitative estimate of drug-likeness (QED) is 0.527. The van der Waals surface area contributed by atoms with E-state index in [1.54, 1.807) is 35.5 Å². The fourth-order valence-corrected chi connectivity index (χ4v) is 3.44.